The number of nitrogens with zero attached hydrogens (tertiary/aromatic N) is 2. The van der Waals surface area contributed by atoms with Crippen LogP contribution < -0.4 is 11.2 Å². The molecule has 2 aliphatic rings. The molecule has 0 spiro atoms. The van der Waals surface area contributed by atoms with Gasteiger partial charge < -0.3 is 16.1 Å². The third-order valence-corrected chi connectivity index (χ3v) is 6.18. The van der Waals surface area contributed by atoms with Crippen molar-refractivity contribution in [2.45, 2.75) is 71.0 Å². The van der Waals surface area contributed by atoms with Crippen LogP contribution in [0.3, 0.4) is 0 Å². The van der Waals surface area contributed by atoms with Gasteiger partial charge in [0, 0.05) is 29.6 Å². The van der Waals surface area contributed by atoms with Gasteiger partial charge in [-0.2, -0.15) is 5.10 Å². The monoisotopic (exact) mass is 362 g/mol. The summed E-state index contributed by atoms with van der Waals surface area (Å²) in [5.41, 5.74) is 2.34. The van der Waals surface area contributed by atoms with Crippen LogP contribution in [0.25, 0.3) is 0 Å². The highest BCUT2D eigenvalue weighted by atomic mass is 35.5. The van der Waals surface area contributed by atoms with Crippen molar-refractivity contribution in [1.82, 2.24) is 10.2 Å². The molecule has 3 N–H and O–H groups in total. The molecule has 1 heterocycles. The molecule has 1 aromatic rings. The van der Waals surface area contributed by atoms with Gasteiger partial charge in [-0.05, 0) is 57.1 Å². The molecule has 0 bridgehead atoms. The molecule has 0 radical (unpaired) electrons. The number of halogens is 1. The first-order valence-electron chi connectivity index (χ1n) is 9.61. The molecule has 5 heteroatoms. The van der Waals surface area contributed by atoms with Gasteiger partial charge in [-0.25, -0.2) is 0 Å². The molecule has 1 saturated heterocycles. The summed E-state index contributed by atoms with van der Waals surface area (Å²) in [5.74, 6) is 7.38. The van der Waals surface area contributed by atoms with E-state index in [4.69, 9.17) is 17.4 Å². The summed E-state index contributed by atoms with van der Waals surface area (Å²) in [6, 6.07) is 7.70. The van der Waals surface area contributed by atoms with Crippen molar-refractivity contribution in [2.24, 2.45) is 16.9 Å². The Hall–Kier alpha value is -1.26. The molecule has 3 rings (SSSR count). The minimum Gasteiger partial charge on any atom is -0.348 e. The molecule has 3 unspecified atom stereocenters. The molecular weight excluding hydrogens is 332 g/mol. The van der Waals surface area contributed by atoms with Gasteiger partial charge in [0.15, 0.2) is 0 Å². The predicted molar refractivity (Wildman–Crippen MR) is 106 cm³/mol. The number of benzene rings is 1. The average Bonchev–Trinajstić information content (AvgIpc) is 3.44. The first-order chi connectivity index (χ1) is 12.1. The zero-order valence-corrected chi connectivity index (χ0v) is 16.4. The van der Waals surface area contributed by atoms with Crippen LogP contribution >= 0.6 is 11.6 Å². The standard InChI is InChI=1S/C20H31ClN4/c1-4-18(17-7-5-6-13(2)19(17)21)25(16-10-11-16)20(24-22)15-9-8-14(3)23-12-15/h5-7,14-16,18,23H,4,8-12,22H2,1-3H3. The van der Waals surface area contributed by atoms with Crippen molar-refractivity contribution in [3.8, 4) is 0 Å². The van der Waals surface area contributed by atoms with Crippen molar-refractivity contribution in [3.63, 3.8) is 0 Å². The minimum absolute atomic E-state index is 0.238. The molecule has 1 aromatic carbocycles. The van der Waals surface area contributed by atoms with Crippen LogP contribution in [0.1, 0.15) is 63.1 Å². The maximum Gasteiger partial charge on any atom is 0.129 e. The van der Waals surface area contributed by atoms with Crippen molar-refractivity contribution in [1.29, 1.82) is 0 Å². The number of piperidine rings is 1. The van der Waals surface area contributed by atoms with Gasteiger partial charge >= 0.3 is 0 Å². The van der Waals surface area contributed by atoms with Crippen LogP contribution in [-0.2, 0) is 0 Å². The topological polar surface area (TPSA) is 53.6 Å². The van der Waals surface area contributed by atoms with E-state index in [1.807, 2.05) is 0 Å². The highest BCUT2D eigenvalue weighted by Crippen LogP contribution is 2.41. The van der Waals surface area contributed by atoms with E-state index in [1.165, 1.54) is 24.8 Å². The van der Waals surface area contributed by atoms with Gasteiger partial charge in [-0.1, -0.05) is 36.7 Å². The molecule has 3 atom stereocenters. The van der Waals surface area contributed by atoms with Gasteiger partial charge in [0.1, 0.15) is 5.84 Å². The molecule has 1 saturated carbocycles. The second-order valence-electron chi connectivity index (χ2n) is 7.61. The molecule has 0 aromatic heterocycles. The maximum absolute atomic E-state index is 6.68. The van der Waals surface area contributed by atoms with E-state index in [0.29, 0.717) is 18.0 Å². The van der Waals surface area contributed by atoms with Gasteiger partial charge in [0.2, 0.25) is 0 Å². The fourth-order valence-electron chi connectivity index (χ4n) is 4.05. The SMILES string of the molecule is CCC(c1cccc(C)c1Cl)N(C(=NN)C1CCC(C)NC1)C1CC1. The quantitative estimate of drug-likeness (QED) is 0.357. The molecule has 4 nitrogen and oxygen atoms in total. The smallest absolute Gasteiger partial charge is 0.129 e. The van der Waals surface area contributed by atoms with Gasteiger partial charge in [-0.3, -0.25) is 0 Å². The van der Waals surface area contributed by atoms with Crippen molar-refractivity contribution >= 4 is 17.4 Å². The Bertz CT molecular complexity index is 618. The molecular formula is C20H31ClN4. The molecule has 0 amide bonds. The summed E-state index contributed by atoms with van der Waals surface area (Å²) >= 11 is 6.68. The summed E-state index contributed by atoms with van der Waals surface area (Å²) in [6.07, 6.45) is 5.75. The van der Waals surface area contributed by atoms with Gasteiger partial charge in [0.05, 0.1) is 6.04 Å². The van der Waals surface area contributed by atoms with Crippen molar-refractivity contribution in [3.05, 3.63) is 34.3 Å². The van der Waals surface area contributed by atoms with E-state index in [9.17, 15) is 0 Å². The first kappa shape index (κ1) is 18.5. The van der Waals surface area contributed by atoms with Crippen molar-refractivity contribution in [2.75, 3.05) is 6.54 Å². The lowest BCUT2D eigenvalue weighted by Gasteiger charge is -2.39. The Labute approximate surface area is 156 Å². The third kappa shape index (κ3) is 3.95. The second kappa shape index (κ2) is 7.96. The lowest BCUT2D eigenvalue weighted by Crippen LogP contribution is -2.48. The Kier molecular flexibility index (Phi) is 5.90. The number of rotatable bonds is 5. The lowest BCUT2D eigenvalue weighted by atomic mass is 9.91. The second-order valence-corrected chi connectivity index (χ2v) is 7.99. The van der Waals surface area contributed by atoms with Gasteiger partial charge in [-0.15, -0.1) is 0 Å². The van der Waals surface area contributed by atoms with E-state index >= 15 is 0 Å². The summed E-state index contributed by atoms with van der Waals surface area (Å²) in [5, 5.41) is 8.77. The maximum atomic E-state index is 6.68. The van der Waals surface area contributed by atoms with Crippen LogP contribution in [0.15, 0.2) is 23.3 Å². The number of nitrogens with one attached hydrogen (secondary N) is 1. The fraction of sp³-hybridized carbons (Fsp3) is 0.650. The molecule has 138 valence electrons. The van der Waals surface area contributed by atoms with Crippen LogP contribution in [0.4, 0.5) is 0 Å². The van der Waals surface area contributed by atoms with Crippen LogP contribution in [-0.4, -0.2) is 29.4 Å². The number of hydrazone groups is 1. The summed E-state index contributed by atoms with van der Waals surface area (Å²) in [6.45, 7) is 7.51. The number of aryl methyl sites for hydroxylation is 1. The van der Waals surface area contributed by atoms with Crippen LogP contribution in [0.2, 0.25) is 5.02 Å². The Balaban J connectivity index is 1.92. The largest absolute Gasteiger partial charge is 0.348 e. The summed E-state index contributed by atoms with van der Waals surface area (Å²) in [4.78, 5) is 2.49. The Morgan fingerprint density at radius 2 is 2.12 bits per heavy atom. The lowest BCUT2D eigenvalue weighted by molar-refractivity contribution is 0.266. The van der Waals surface area contributed by atoms with E-state index < -0.39 is 0 Å². The summed E-state index contributed by atoms with van der Waals surface area (Å²) < 4.78 is 0. The summed E-state index contributed by atoms with van der Waals surface area (Å²) in [7, 11) is 0. The van der Waals surface area contributed by atoms with Gasteiger partial charge in [0.25, 0.3) is 0 Å². The number of hydrogen-bond acceptors (Lipinski definition) is 3. The minimum atomic E-state index is 0.238. The molecule has 1 aliphatic carbocycles. The zero-order valence-electron chi connectivity index (χ0n) is 15.6. The predicted octanol–water partition coefficient (Wildman–Crippen LogP) is 4.22. The average molecular weight is 363 g/mol. The molecule has 25 heavy (non-hydrogen) atoms. The van der Waals surface area contributed by atoms with E-state index in [1.54, 1.807) is 0 Å². The zero-order chi connectivity index (χ0) is 18.0. The number of nitrogens with two attached hydrogens (primary N) is 1. The number of hydrogen-bond donors (Lipinski definition) is 2. The van der Waals surface area contributed by atoms with E-state index in [0.717, 1.165) is 35.8 Å². The van der Waals surface area contributed by atoms with Crippen LogP contribution in [0, 0.1) is 12.8 Å². The Morgan fingerprint density at radius 1 is 1.36 bits per heavy atom. The Morgan fingerprint density at radius 3 is 2.68 bits per heavy atom. The third-order valence-electron chi connectivity index (χ3n) is 5.67. The molecule has 1 aliphatic heterocycles. The highest BCUT2D eigenvalue weighted by molar-refractivity contribution is 6.32. The highest BCUT2D eigenvalue weighted by Gasteiger charge is 2.40. The van der Waals surface area contributed by atoms with Crippen LogP contribution in [0.5, 0.6) is 0 Å². The van der Waals surface area contributed by atoms with E-state index in [-0.39, 0.29) is 6.04 Å². The molecule has 2 fully saturated rings. The number of amidine groups is 1. The van der Waals surface area contributed by atoms with E-state index in [2.05, 4.69) is 54.3 Å². The first-order valence-corrected chi connectivity index (χ1v) is 9.99. The fourth-order valence-corrected chi connectivity index (χ4v) is 4.30. The normalized spacial score (nSPS) is 25.7. The van der Waals surface area contributed by atoms with Crippen molar-refractivity contribution < 1.29 is 0 Å².